The predicted octanol–water partition coefficient (Wildman–Crippen LogP) is 2.93. The standard InChI is InChI=1S/C20H22FN3O4/c1-13-3-2-4-16(19(13)24(27)28)20(26)22-12-14-5-6-18(17(21)11-14)23-9-7-15(25)8-10-23/h2-6,11,15,25H,7-10,12H2,1H3,(H,22,26). The Morgan fingerprint density at radius 3 is 2.68 bits per heavy atom. The molecule has 1 fully saturated rings. The Labute approximate surface area is 161 Å². The van der Waals surface area contributed by atoms with Crippen LogP contribution in [0.3, 0.4) is 0 Å². The van der Waals surface area contributed by atoms with Crippen LogP contribution in [0.25, 0.3) is 0 Å². The normalized spacial score (nSPS) is 14.8. The number of aryl methyl sites for hydroxylation is 1. The van der Waals surface area contributed by atoms with E-state index in [4.69, 9.17) is 0 Å². The van der Waals surface area contributed by atoms with E-state index in [0.717, 1.165) is 0 Å². The Morgan fingerprint density at radius 2 is 2.04 bits per heavy atom. The highest BCUT2D eigenvalue weighted by Crippen LogP contribution is 2.25. The molecule has 2 aromatic rings. The van der Waals surface area contributed by atoms with Gasteiger partial charge in [0.2, 0.25) is 0 Å². The molecule has 0 spiro atoms. The topological polar surface area (TPSA) is 95.7 Å². The van der Waals surface area contributed by atoms with Crippen LogP contribution in [0.4, 0.5) is 15.8 Å². The molecule has 7 nitrogen and oxygen atoms in total. The number of rotatable bonds is 5. The lowest BCUT2D eigenvalue weighted by molar-refractivity contribution is -0.385. The highest BCUT2D eigenvalue weighted by Gasteiger charge is 2.23. The molecular weight excluding hydrogens is 365 g/mol. The molecule has 8 heteroatoms. The number of benzene rings is 2. The van der Waals surface area contributed by atoms with Crippen molar-refractivity contribution in [1.29, 1.82) is 0 Å². The average molecular weight is 387 g/mol. The van der Waals surface area contributed by atoms with E-state index in [9.17, 15) is 24.4 Å². The van der Waals surface area contributed by atoms with E-state index in [1.807, 2.05) is 4.90 Å². The van der Waals surface area contributed by atoms with Crippen LogP contribution in [0.1, 0.15) is 34.3 Å². The first-order valence-corrected chi connectivity index (χ1v) is 9.10. The molecule has 0 bridgehead atoms. The molecule has 2 aromatic carbocycles. The summed E-state index contributed by atoms with van der Waals surface area (Å²) < 4.78 is 14.5. The van der Waals surface area contributed by atoms with Crippen LogP contribution < -0.4 is 10.2 Å². The monoisotopic (exact) mass is 387 g/mol. The molecule has 0 atom stereocenters. The van der Waals surface area contributed by atoms with Gasteiger partial charge in [-0.1, -0.05) is 18.2 Å². The minimum Gasteiger partial charge on any atom is -0.393 e. The summed E-state index contributed by atoms with van der Waals surface area (Å²) in [5.41, 5.74) is 1.18. The molecule has 1 heterocycles. The Morgan fingerprint density at radius 1 is 1.32 bits per heavy atom. The van der Waals surface area contributed by atoms with Gasteiger partial charge < -0.3 is 15.3 Å². The molecule has 1 amide bonds. The molecule has 1 aliphatic heterocycles. The first-order valence-electron chi connectivity index (χ1n) is 9.10. The second-order valence-corrected chi connectivity index (χ2v) is 6.91. The first kappa shape index (κ1) is 19.8. The van der Waals surface area contributed by atoms with Crippen LogP contribution in [0.5, 0.6) is 0 Å². The molecule has 148 valence electrons. The summed E-state index contributed by atoms with van der Waals surface area (Å²) in [5, 5.41) is 23.4. The Bertz CT molecular complexity index is 895. The molecule has 1 aliphatic rings. The third kappa shape index (κ3) is 4.28. The van der Waals surface area contributed by atoms with E-state index in [1.54, 1.807) is 31.2 Å². The van der Waals surface area contributed by atoms with Gasteiger partial charge in [0, 0.05) is 25.2 Å². The number of nitro groups is 1. The molecule has 0 saturated carbocycles. The lowest BCUT2D eigenvalue weighted by Crippen LogP contribution is -2.36. The Balaban J connectivity index is 1.68. The van der Waals surface area contributed by atoms with Crippen molar-refractivity contribution in [2.24, 2.45) is 0 Å². The number of carbonyl (C=O) groups is 1. The maximum absolute atomic E-state index is 14.5. The van der Waals surface area contributed by atoms with Gasteiger partial charge in [-0.25, -0.2) is 4.39 Å². The van der Waals surface area contributed by atoms with Crippen LogP contribution in [0, 0.1) is 22.9 Å². The van der Waals surface area contributed by atoms with Crippen LogP contribution in [0.15, 0.2) is 36.4 Å². The summed E-state index contributed by atoms with van der Waals surface area (Å²) in [5.74, 6) is -0.977. The molecular formula is C20H22FN3O4. The van der Waals surface area contributed by atoms with Gasteiger partial charge in [0.25, 0.3) is 11.6 Å². The van der Waals surface area contributed by atoms with Crippen LogP contribution in [0.2, 0.25) is 0 Å². The van der Waals surface area contributed by atoms with Crippen molar-refractivity contribution in [3.8, 4) is 0 Å². The molecule has 1 saturated heterocycles. The zero-order valence-electron chi connectivity index (χ0n) is 15.5. The molecule has 0 radical (unpaired) electrons. The third-order valence-corrected chi connectivity index (χ3v) is 4.94. The minimum atomic E-state index is -0.579. The smallest absolute Gasteiger partial charge is 0.285 e. The maximum Gasteiger partial charge on any atom is 0.285 e. The molecule has 0 aliphatic carbocycles. The number of anilines is 1. The fraction of sp³-hybridized carbons (Fsp3) is 0.350. The highest BCUT2D eigenvalue weighted by molar-refractivity contribution is 5.98. The second kappa shape index (κ2) is 8.35. The highest BCUT2D eigenvalue weighted by atomic mass is 19.1. The van der Waals surface area contributed by atoms with Crippen LogP contribution in [-0.2, 0) is 6.54 Å². The fourth-order valence-electron chi connectivity index (χ4n) is 3.39. The quantitative estimate of drug-likeness (QED) is 0.608. The van der Waals surface area contributed by atoms with Crippen molar-refractivity contribution in [3.05, 3.63) is 69.0 Å². The van der Waals surface area contributed by atoms with Crippen molar-refractivity contribution in [3.63, 3.8) is 0 Å². The number of nitrogens with one attached hydrogen (secondary N) is 1. The molecule has 28 heavy (non-hydrogen) atoms. The van der Waals surface area contributed by atoms with E-state index in [1.165, 1.54) is 12.1 Å². The van der Waals surface area contributed by atoms with Crippen LogP contribution in [-0.4, -0.2) is 35.1 Å². The van der Waals surface area contributed by atoms with Gasteiger partial charge in [0.05, 0.1) is 16.7 Å². The van der Waals surface area contributed by atoms with Gasteiger partial charge in [-0.2, -0.15) is 0 Å². The Kier molecular flexibility index (Phi) is 5.89. The summed E-state index contributed by atoms with van der Waals surface area (Å²) in [6, 6.07) is 9.28. The molecule has 0 aromatic heterocycles. The maximum atomic E-state index is 14.5. The first-order chi connectivity index (χ1) is 13.4. The van der Waals surface area contributed by atoms with E-state index in [2.05, 4.69) is 5.32 Å². The SMILES string of the molecule is Cc1cccc(C(=O)NCc2ccc(N3CCC(O)CC3)c(F)c2)c1[N+](=O)[O-]. The summed E-state index contributed by atoms with van der Waals surface area (Å²) in [4.78, 5) is 24.9. The van der Waals surface area contributed by atoms with Gasteiger partial charge in [-0.15, -0.1) is 0 Å². The number of hydrogen-bond donors (Lipinski definition) is 2. The molecule has 0 unspecified atom stereocenters. The molecule has 3 rings (SSSR count). The third-order valence-electron chi connectivity index (χ3n) is 4.94. The van der Waals surface area contributed by atoms with E-state index in [-0.39, 0.29) is 23.9 Å². The zero-order chi connectivity index (χ0) is 20.3. The lowest BCUT2D eigenvalue weighted by Gasteiger charge is -2.31. The largest absolute Gasteiger partial charge is 0.393 e. The fourth-order valence-corrected chi connectivity index (χ4v) is 3.39. The van der Waals surface area contributed by atoms with Gasteiger partial charge >= 0.3 is 0 Å². The second-order valence-electron chi connectivity index (χ2n) is 6.91. The van der Waals surface area contributed by atoms with Crippen molar-refractivity contribution in [2.75, 3.05) is 18.0 Å². The predicted molar refractivity (Wildman–Crippen MR) is 103 cm³/mol. The number of para-hydroxylation sites is 1. The van der Waals surface area contributed by atoms with Crippen molar-refractivity contribution < 1.29 is 19.2 Å². The van der Waals surface area contributed by atoms with Gasteiger partial charge in [-0.3, -0.25) is 14.9 Å². The number of hydrogen-bond acceptors (Lipinski definition) is 5. The zero-order valence-corrected chi connectivity index (χ0v) is 15.5. The van der Waals surface area contributed by atoms with Crippen LogP contribution >= 0.6 is 0 Å². The van der Waals surface area contributed by atoms with Gasteiger partial charge in [0.1, 0.15) is 11.4 Å². The number of piperidine rings is 1. The number of aliphatic hydroxyl groups is 1. The summed E-state index contributed by atoms with van der Waals surface area (Å²) in [6.07, 6.45) is 0.874. The van der Waals surface area contributed by atoms with E-state index in [0.29, 0.717) is 42.7 Å². The minimum absolute atomic E-state index is 0.0195. The Hall–Kier alpha value is -3.00. The lowest BCUT2D eigenvalue weighted by atomic mass is 10.1. The number of nitro benzene ring substituents is 1. The van der Waals surface area contributed by atoms with Crippen molar-refractivity contribution in [1.82, 2.24) is 5.32 Å². The number of amides is 1. The summed E-state index contributed by atoms with van der Waals surface area (Å²) in [7, 11) is 0. The summed E-state index contributed by atoms with van der Waals surface area (Å²) >= 11 is 0. The van der Waals surface area contributed by atoms with E-state index < -0.39 is 16.6 Å². The summed E-state index contributed by atoms with van der Waals surface area (Å²) in [6.45, 7) is 2.80. The molecule has 2 N–H and O–H groups in total. The van der Waals surface area contributed by atoms with Crippen molar-refractivity contribution >= 4 is 17.3 Å². The van der Waals surface area contributed by atoms with Gasteiger partial charge in [0.15, 0.2) is 0 Å². The van der Waals surface area contributed by atoms with Gasteiger partial charge in [-0.05, 0) is 43.5 Å². The van der Waals surface area contributed by atoms with Crippen molar-refractivity contribution in [2.45, 2.75) is 32.4 Å². The number of carbonyl (C=O) groups excluding carboxylic acids is 1. The number of nitrogens with zero attached hydrogens (tertiary/aromatic N) is 2. The number of aliphatic hydroxyl groups excluding tert-OH is 1. The van der Waals surface area contributed by atoms with E-state index >= 15 is 0 Å². The average Bonchev–Trinajstić information content (AvgIpc) is 2.66. The number of halogens is 1.